The van der Waals surface area contributed by atoms with E-state index in [1.165, 1.54) is 24.5 Å². The zero-order valence-corrected chi connectivity index (χ0v) is 22.7. The standard InChI is InChI=1S/C25H23FN3O2S4/c1-5-29-15(2)22(24-27(3)18-7-6-17(26)12-19(18)34-24)35-21(29)13-20-28(9-11-32-20)14-16-8-10-33-23(16)25(30)31-4/h6-13H,2,5,14H2,1,3-4H3/q+1/b24-22+. The Morgan fingerprint density at radius 1 is 1.23 bits per heavy atom. The van der Waals surface area contributed by atoms with Gasteiger partial charge in [-0.3, -0.25) is 0 Å². The van der Waals surface area contributed by atoms with E-state index in [1.54, 1.807) is 40.9 Å². The van der Waals surface area contributed by atoms with Crippen LogP contribution in [-0.2, 0) is 11.3 Å². The van der Waals surface area contributed by atoms with Gasteiger partial charge in [-0.2, -0.15) is 4.57 Å². The lowest BCUT2D eigenvalue weighted by Crippen LogP contribution is -2.35. The third kappa shape index (κ3) is 4.44. The molecule has 0 spiro atoms. The Labute approximate surface area is 220 Å². The van der Waals surface area contributed by atoms with Crippen LogP contribution in [-0.4, -0.2) is 31.6 Å². The number of rotatable bonds is 5. The van der Waals surface area contributed by atoms with Gasteiger partial charge in [0.1, 0.15) is 10.7 Å². The number of hydrogen-bond donors (Lipinski definition) is 0. The minimum atomic E-state index is -0.305. The molecule has 4 heterocycles. The predicted octanol–water partition coefficient (Wildman–Crippen LogP) is 6.36. The number of likely N-dealkylation sites (N-methyl/N-ethyl adjacent to an activating group) is 1. The zero-order chi connectivity index (χ0) is 24.7. The number of aromatic nitrogens is 1. The summed E-state index contributed by atoms with van der Waals surface area (Å²) in [7, 11) is 3.42. The summed E-state index contributed by atoms with van der Waals surface area (Å²) < 4.78 is 20.9. The maximum atomic E-state index is 13.8. The van der Waals surface area contributed by atoms with Gasteiger partial charge in [0.2, 0.25) is 0 Å². The number of thiazole rings is 1. The van der Waals surface area contributed by atoms with Gasteiger partial charge in [-0.15, -0.1) is 11.3 Å². The average Bonchev–Trinajstić information content (AvgIpc) is 3.61. The second kappa shape index (κ2) is 9.85. The first-order valence-electron chi connectivity index (χ1n) is 10.8. The molecule has 2 aromatic heterocycles. The summed E-state index contributed by atoms with van der Waals surface area (Å²) in [6, 6.07) is 6.88. The molecule has 3 aromatic rings. The molecule has 1 saturated heterocycles. The highest BCUT2D eigenvalue weighted by Gasteiger charge is 2.34. The number of methoxy groups -OCH3 is 1. The molecule has 0 saturated carbocycles. The Balaban J connectivity index is 1.46. The Morgan fingerprint density at radius 3 is 2.83 bits per heavy atom. The summed E-state index contributed by atoms with van der Waals surface area (Å²) in [5.41, 5.74) is 2.89. The number of anilines is 1. The molecule has 2 aliphatic heterocycles. The van der Waals surface area contributed by atoms with Gasteiger partial charge >= 0.3 is 5.97 Å². The molecule has 0 radical (unpaired) electrons. The maximum absolute atomic E-state index is 13.8. The number of carbonyl (C=O) groups is 1. The molecule has 180 valence electrons. The van der Waals surface area contributed by atoms with Crippen LogP contribution in [0.25, 0.3) is 6.08 Å². The van der Waals surface area contributed by atoms with Gasteiger partial charge < -0.3 is 14.5 Å². The van der Waals surface area contributed by atoms with Crippen LogP contribution in [0, 0.1) is 5.82 Å². The van der Waals surface area contributed by atoms with Gasteiger partial charge in [0.25, 0.3) is 5.01 Å². The van der Waals surface area contributed by atoms with Crippen molar-refractivity contribution in [2.75, 3.05) is 25.6 Å². The zero-order valence-electron chi connectivity index (χ0n) is 19.4. The summed E-state index contributed by atoms with van der Waals surface area (Å²) in [4.78, 5) is 19.1. The SMILES string of the molecule is C=C1/C(=C2\Sc3cc(F)ccc3N2C)S/C(=C\c2scc[n+]2Cc2ccsc2C(=O)OC)N1CC. The molecule has 0 unspecified atom stereocenters. The summed E-state index contributed by atoms with van der Waals surface area (Å²) in [5.74, 6) is -0.534. The maximum Gasteiger partial charge on any atom is 0.348 e. The van der Waals surface area contributed by atoms with Gasteiger partial charge in [0.05, 0.1) is 44.9 Å². The van der Waals surface area contributed by atoms with Crippen molar-refractivity contribution in [3.8, 4) is 0 Å². The van der Waals surface area contributed by atoms with E-state index in [1.807, 2.05) is 36.1 Å². The van der Waals surface area contributed by atoms with Gasteiger partial charge in [-0.1, -0.05) is 41.4 Å². The first-order chi connectivity index (χ1) is 16.9. The highest BCUT2D eigenvalue weighted by Crippen LogP contribution is 2.54. The van der Waals surface area contributed by atoms with Crippen LogP contribution in [0.1, 0.15) is 27.2 Å². The van der Waals surface area contributed by atoms with Gasteiger partial charge in [-0.25, -0.2) is 9.18 Å². The van der Waals surface area contributed by atoms with Gasteiger partial charge in [-0.05, 0) is 36.6 Å². The number of ether oxygens (including phenoxy) is 1. The Bertz CT molecular complexity index is 1390. The summed E-state index contributed by atoms with van der Waals surface area (Å²) >= 11 is 6.31. The minimum Gasteiger partial charge on any atom is -0.465 e. The average molecular weight is 545 g/mol. The third-order valence-corrected chi connectivity index (χ3v) is 10.1. The van der Waals surface area contributed by atoms with Crippen LogP contribution in [0.3, 0.4) is 0 Å². The topological polar surface area (TPSA) is 36.7 Å². The van der Waals surface area contributed by atoms with Crippen molar-refractivity contribution in [3.05, 3.63) is 89.7 Å². The van der Waals surface area contributed by atoms with E-state index in [2.05, 4.69) is 33.9 Å². The lowest BCUT2D eigenvalue weighted by atomic mass is 10.2. The molecule has 0 N–H and O–H groups in total. The largest absolute Gasteiger partial charge is 0.465 e. The van der Waals surface area contributed by atoms with Crippen LogP contribution in [0.15, 0.2) is 73.4 Å². The first-order valence-corrected chi connectivity index (χ1v) is 14.2. The molecule has 0 aliphatic carbocycles. The van der Waals surface area contributed by atoms with Crippen molar-refractivity contribution >= 4 is 63.9 Å². The van der Waals surface area contributed by atoms with Gasteiger partial charge in [0.15, 0.2) is 12.7 Å². The lowest BCUT2D eigenvalue weighted by molar-refractivity contribution is -0.685. The molecule has 2 aliphatic rings. The van der Waals surface area contributed by atoms with Crippen molar-refractivity contribution < 1.29 is 18.5 Å². The van der Waals surface area contributed by atoms with Gasteiger partial charge in [0, 0.05) is 24.1 Å². The lowest BCUT2D eigenvalue weighted by Gasteiger charge is -2.18. The Kier molecular flexibility index (Phi) is 6.80. The summed E-state index contributed by atoms with van der Waals surface area (Å²) in [6.45, 7) is 7.87. The van der Waals surface area contributed by atoms with E-state index in [-0.39, 0.29) is 11.8 Å². The number of thioether (sulfide) groups is 2. The van der Waals surface area contributed by atoms with Crippen molar-refractivity contribution in [2.24, 2.45) is 0 Å². The number of fused-ring (bicyclic) bond motifs is 1. The van der Waals surface area contributed by atoms with E-state index in [0.717, 1.165) is 48.4 Å². The molecule has 1 aromatic carbocycles. The van der Waals surface area contributed by atoms with Crippen LogP contribution in [0.2, 0.25) is 0 Å². The molecule has 0 amide bonds. The van der Waals surface area contributed by atoms with E-state index in [4.69, 9.17) is 4.74 Å². The number of benzene rings is 1. The normalized spacial score (nSPS) is 18.6. The fourth-order valence-electron chi connectivity index (χ4n) is 4.01. The molecule has 5 rings (SSSR count). The van der Waals surface area contributed by atoms with E-state index in [0.29, 0.717) is 11.4 Å². The van der Waals surface area contributed by atoms with E-state index >= 15 is 0 Å². The number of halogens is 1. The molecule has 35 heavy (non-hydrogen) atoms. The fourth-order valence-corrected chi connectivity index (χ4v) is 8.27. The number of thiophene rings is 1. The fraction of sp³-hybridized carbons (Fsp3) is 0.200. The van der Waals surface area contributed by atoms with Crippen molar-refractivity contribution in [1.29, 1.82) is 0 Å². The molecular weight excluding hydrogens is 522 g/mol. The van der Waals surface area contributed by atoms with E-state index < -0.39 is 0 Å². The highest BCUT2D eigenvalue weighted by molar-refractivity contribution is 8.09. The van der Waals surface area contributed by atoms with Crippen molar-refractivity contribution in [3.63, 3.8) is 0 Å². The number of carbonyl (C=O) groups excluding carboxylic acids is 1. The monoisotopic (exact) mass is 544 g/mol. The first kappa shape index (κ1) is 24.2. The van der Waals surface area contributed by atoms with Crippen LogP contribution >= 0.6 is 46.2 Å². The molecule has 0 atom stereocenters. The predicted molar refractivity (Wildman–Crippen MR) is 144 cm³/mol. The molecule has 5 nitrogen and oxygen atoms in total. The van der Waals surface area contributed by atoms with E-state index in [9.17, 15) is 9.18 Å². The minimum absolute atomic E-state index is 0.229. The number of esters is 1. The van der Waals surface area contributed by atoms with Crippen LogP contribution in [0.4, 0.5) is 10.1 Å². The summed E-state index contributed by atoms with van der Waals surface area (Å²) in [5, 5.41) is 7.19. The quantitative estimate of drug-likeness (QED) is 0.275. The molecule has 1 fully saturated rings. The molecular formula is C25H23FN3O2S4+. The summed E-state index contributed by atoms with van der Waals surface area (Å²) in [6.07, 6.45) is 4.21. The highest BCUT2D eigenvalue weighted by atomic mass is 32.2. The van der Waals surface area contributed by atoms with Crippen LogP contribution < -0.4 is 9.47 Å². The van der Waals surface area contributed by atoms with Crippen molar-refractivity contribution in [2.45, 2.75) is 18.4 Å². The second-order valence-corrected chi connectivity index (χ2v) is 11.7. The Morgan fingerprint density at radius 2 is 2.06 bits per heavy atom. The van der Waals surface area contributed by atoms with Crippen LogP contribution in [0.5, 0.6) is 0 Å². The number of nitrogens with zero attached hydrogens (tertiary/aromatic N) is 3. The number of hydrogen-bond acceptors (Lipinski definition) is 8. The third-order valence-electron chi connectivity index (χ3n) is 5.78. The van der Waals surface area contributed by atoms with Crippen molar-refractivity contribution in [1.82, 2.24) is 4.90 Å². The molecule has 0 bridgehead atoms. The second-order valence-electron chi connectivity index (χ2n) is 7.82. The smallest absolute Gasteiger partial charge is 0.348 e. The molecule has 10 heteroatoms. The Hall–Kier alpha value is -2.53.